The van der Waals surface area contributed by atoms with Crippen molar-refractivity contribution in [3.05, 3.63) is 71.6 Å². The number of carbonyl (C=O) groups is 5. The Morgan fingerprint density at radius 1 is 1.02 bits per heavy atom. The number of hydrogen-bond donors (Lipinski definition) is 3. The number of halogens is 1. The Hall–Kier alpha value is -4.09. The second kappa shape index (κ2) is 14.3. The number of anilines is 1. The van der Waals surface area contributed by atoms with Gasteiger partial charge < -0.3 is 29.1 Å². The third-order valence-corrected chi connectivity index (χ3v) is 8.67. The molecule has 12 nitrogen and oxygen atoms in total. The number of nitrogens with one attached hydrogen (secondary N) is 1. The highest BCUT2D eigenvalue weighted by atomic mass is 35.5. The molecule has 2 aliphatic rings. The van der Waals surface area contributed by atoms with Gasteiger partial charge in [0.15, 0.2) is 6.29 Å². The van der Waals surface area contributed by atoms with E-state index in [1.54, 1.807) is 39.8 Å². The number of unbranched alkanes of at least 4 members (excludes halogenated alkanes) is 2. The lowest BCUT2D eigenvalue weighted by atomic mass is 9.95. The van der Waals surface area contributed by atoms with Crippen LogP contribution in [0.2, 0.25) is 0 Å². The van der Waals surface area contributed by atoms with Gasteiger partial charge in [-0.25, -0.2) is 0 Å². The molecular weight excluding hydrogens is 623 g/mol. The first-order valence-electron chi connectivity index (χ1n) is 14.5. The maximum atomic E-state index is 14.0. The summed E-state index contributed by atoms with van der Waals surface area (Å²) in [6.45, 7) is 0.933. The van der Waals surface area contributed by atoms with Crippen molar-refractivity contribution < 1.29 is 38.3 Å². The Balaban J connectivity index is 1.24. The minimum absolute atomic E-state index is 0.172. The number of rotatable bonds is 14. The molecule has 45 heavy (non-hydrogen) atoms. The Morgan fingerprint density at radius 2 is 1.76 bits per heavy atom. The van der Waals surface area contributed by atoms with Crippen molar-refractivity contribution in [3.8, 4) is 5.75 Å². The summed E-state index contributed by atoms with van der Waals surface area (Å²) < 4.78 is 6.89. The van der Waals surface area contributed by atoms with E-state index in [-0.39, 0.29) is 78.6 Å². The highest BCUT2D eigenvalue weighted by Crippen LogP contribution is 2.47. The summed E-state index contributed by atoms with van der Waals surface area (Å²) in [5.74, 6) is -0.958. The normalized spacial score (nSPS) is 15.8. The fourth-order valence-corrected chi connectivity index (χ4v) is 6.41. The maximum Gasteiger partial charge on any atom is 0.391 e. The summed E-state index contributed by atoms with van der Waals surface area (Å²) in [7, 11) is -2.71. The molecule has 0 saturated heterocycles. The van der Waals surface area contributed by atoms with E-state index in [0.717, 1.165) is 10.9 Å². The molecule has 0 bridgehead atoms. The second-order valence-corrected chi connectivity index (χ2v) is 11.7. The molecule has 1 aromatic heterocycles. The van der Waals surface area contributed by atoms with Crippen LogP contribution in [0.3, 0.4) is 0 Å². The summed E-state index contributed by atoms with van der Waals surface area (Å²) in [5, 5.41) is 4.26. The predicted molar refractivity (Wildman–Crippen MR) is 168 cm³/mol. The summed E-state index contributed by atoms with van der Waals surface area (Å²) >= 11 is 6.36. The molecule has 1 atom stereocenters. The number of aromatic nitrogens is 1. The Kier molecular flexibility index (Phi) is 10.3. The summed E-state index contributed by atoms with van der Waals surface area (Å²) in [5.41, 5.74) is 1.89. The van der Waals surface area contributed by atoms with Crippen molar-refractivity contribution >= 4 is 66.6 Å². The molecule has 1 unspecified atom stereocenters. The zero-order chi connectivity index (χ0) is 32.1. The van der Waals surface area contributed by atoms with E-state index in [2.05, 4.69) is 5.32 Å². The monoisotopic (exact) mass is 654 g/mol. The molecule has 2 aromatic carbocycles. The lowest BCUT2D eigenvalue weighted by Gasteiger charge is -2.21. The second-order valence-electron chi connectivity index (χ2n) is 10.7. The molecule has 0 fully saturated rings. The predicted octanol–water partition coefficient (Wildman–Crippen LogP) is 3.63. The van der Waals surface area contributed by atoms with Gasteiger partial charge in [0.05, 0.1) is 11.4 Å². The van der Waals surface area contributed by atoms with Gasteiger partial charge in [-0.15, -0.1) is 11.6 Å². The SMILES string of the molecule is O=Cc1ccc(C(=O)N2CC(CCl)c3c2cc(OP(O)O)c2ccccc32)n1CCNC(=O)CCCCCN1C(=O)C=CC1=O. The van der Waals surface area contributed by atoms with E-state index >= 15 is 0 Å². The molecule has 3 aromatic rings. The van der Waals surface area contributed by atoms with E-state index in [1.165, 1.54) is 17.1 Å². The lowest BCUT2D eigenvalue weighted by molar-refractivity contribution is -0.137. The largest absolute Gasteiger partial charge is 0.426 e. The number of benzene rings is 2. The zero-order valence-corrected chi connectivity index (χ0v) is 25.9. The highest BCUT2D eigenvalue weighted by molar-refractivity contribution is 7.39. The minimum Gasteiger partial charge on any atom is -0.426 e. The van der Waals surface area contributed by atoms with Crippen LogP contribution in [0.4, 0.5) is 5.69 Å². The molecule has 236 valence electrons. The van der Waals surface area contributed by atoms with Crippen molar-refractivity contribution in [2.45, 2.75) is 38.1 Å². The van der Waals surface area contributed by atoms with Gasteiger partial charge in [0.1, 0.15) is 11.4 Å². The molecule has 3 heterocycles. The zero-order valence-electron chi connectivity index (χ0n) is 24.2. The van der Waals surface area contributed by atoms with Crippen LogP contribution in [0.1, 0.15) is 58.1 Å². The van der Waals surface area contributed by atoms with Gasteiger partial charge in [-0.2, -0.15) is 0 Å². The quantitative estimate of drug-likeness (QED) is 0.0782. The first-order valence-corrected chi connectivity index (χ1v) is 16.2. The average molecular weight is 655 g/mol. The molecule has 3 N–H and O–H groups in total. The maximum absolute atomic E-state index is 14.0. The van der Waals surface area contributed by atoms with Gasteiger partial charge in [-0.1, -0.05) is 30.7 Å². The van der Waals surface area contributed by atoms with Crippen LogP contribution < -0.4 is 14.7 Å². The molecule has 14 heteroatoms. The van der Waals surface area contributed by atoms with Crippen LogP contribution in [0.5, 0.6) is 5.75 Å². The molecule has 2 aliphatic heterocycles. The molecular formula is C31H32ClN4O8P. The Bertz CT molecular complexity index is 1650. The fourth-order valence-electron chi connectivity index (χ4n) is 5.83. The van der Waals surface area contributed by atoms with E-state index < -0.39 is 8.60 Å². The topological polar surface area (TPSA) is 158 Å². The van der Waals surface area contributed by atoms with Crippen LogP contribution in [0.15, 0.2) is 54.6 Å². The number of hydrogen-bond acceptors (Lipinski definition) is 8. The van der Waals surface area contributed by atoms with Crippen LogP contribution in [-0.4, -0.2) is 74.7 Å². The Morgan fingerprint density at radius 3 is 2.44 bits per heavy atom. The number of fused-ring (bicyclic) bond motifs is 3. The van der Waals surface area contributed by atoms with Crippen molar-refractivity contribution in [2.75, 3.05) is 30.4 Å². The first-order chi connectivity index (χ1) is 21.7. The van der Waals surface area contributed by atoms with Crippen molar-refractivity contribution in [2.24, 2.45) is 0 Å². The molecule has 0 saturated carbocycles. The number of imide groups is 1. The number of nitrogens with zero attached hydrogens (tertiary/aromatic N) is 3. The van der Waals surface area contributed by atoms with Gasteiger partial charge in [0.2, 0.25) is 5.91 Å². The molecule has 5 rings (SSSR count). The molecule has 0 radical (unpaired) electrons. The van der Waals surface area contributed by atoms with Crippen molar-refractivity contribution in [1.82, 2.24) is 14.8 Å². The van der Waals surface area contributed by atoms with Crippen LogP contribution >= 0.6 is 20.2 Å². The summed E-state index contributed by atoms with van der Waals surface area (Å²) in [4.78, 5) is 83.4. The molecule has 4 amide bonds. The Labute approximate surface area is 265 Å². The van der Waals surface area contributed by atoms with Gasteiger partial charge >= 0.3 is 8.60 Å². The molecule has 0 spiro atoms. The molecule has 0 aliphatic carbocycles. The van der Waals surface area contributed by atoms with Gasteiger partial charge in [0, 0.05) is 68.0 Å². The third kappa shape index (κ3) is 6.94. The first kappa shape index (κ1) is 32.3. The summed E-state index contributed by atoms with van der Waals surface area (Å²) in [6, 6.07) is 12.0. The van der Waals surface area contributed by atoms with Crippen LogP contribution in [-0.2, 0) is 20.9 Å². The average Bonchev–Trinajstić information content (AvgIpc) is 3.71. The van der Waals surface area contributed by atoms with Gasteiger partial charge in [-0.05, 0) is 35.9 Å². The van der Waals surface area contributed by atoms with Gasteiger partial charge in [0.25, 0.3) is 17.7 Å². The van der Waals surface area contributed by atoms with Crippen molar-refractivity contribution in [3.63, 3.8) is 0 Å². The van der Waals surface area contributed by atoms with E-state index in [9.17, 15) is 33.8 Å². The number of amides is 4. The number of alkyl halides is 1. The van der Waals surface area contributed by atoms with Crippen molar-refractivity contribution in [1.29, 1.82) is 0 Å². The fraction of sp³-hybridized carbons (Fsp3) is 0.323. The number of aldehydes is 1. The third-order valence-electron chi connectivity index (χ3n) is 7.94. The lowest BCUT2D eigenvalue weighted by Crippen LogP contribution is -2.33. The number of carbonyl (C=O) groups excluding carboxylic acids is 5. The van der Waals surface area contributed by atoms with Gasteiger partial charge in [-0.3, -0.25) is 28.9 Å². The van der Waals surface area contributed by atoms with E-state index in [0.29, 0.717) is 43.2 Å². The summed E-state index contributed by atoms with van der Waals surface area (Å²) in [6.07, 6.45) is 5.23. The van der Waals surface area contributed by atoms with E-state index in [4.69, 9.17) is 16.1 Å². The van der Waals surface area contributed by atoms with Crippen LogP contribution in [0, 0.1) is 0 Å². The highest BCUT2D eigenvalue weighted by Gasteiger charge is 2.36. The smallest absolute Gasteiger partial charge is 0.391 e. The minimum atomic E-state index is -2.71. The van der Waals surface area contributed by atoms with E-state index in [1.807, 2.05) is 12.1 Å². The van der Waals surface area contributed by atoms with Crippen LogP contribution in [0.25, 0.3) is 10.8 Å². The standard InChI is InChI=1S/C31H32ClN4O8P/c32-17-20-18-36(25-16-26(44-45(42)43)22-6-3-4-7-23(22)30(20)25)31(41)24-10-9-21(19-37)34(24)15-13-33-27(38)8-2-1-5-14-35-28(39)11-12-29(35)40/h3-4,6-7,9-12,16,19-20,42-43H,1-2,5,8,13-15,17-18H2,(H,33,38).